The first kappa shape index (κ1) is 10.8. The molecule has 0 rings (SSSR count). The zero-order chi connectivity index (χ0) is 8.04. The van der Waals surface area contributed by atoms with E-state index in [1.165, 1.54) is 23.7 Å². The van der Waals surface area contributed by atoms with Crippen LogP contribution in [0.15, 0.2) is 0 Å². The fourth-order valence-electron chi connectivity index (χ4n) is 0.933. The second kappa shape index (κ2) is 5.41. The number of hydrogen-bond donors (Lipinski definition) is 1. The molecule has 0 aromatic heterocycles. The molecule has 1 unspecified atom stereocenters. The Morgan fingerprint density at radius 2 is 1.80 bits per heavy atom. The van der Waals surface area contributed by atoms with Gasteiger partial charge in [-0.15, -0.1) is 0 Å². The third kappa shape index (κ3) is 5.54. The Bertz CT molecular complexity index is 81.3. The molecule has 0 aliphatic rings. The molecule has 62 valence electrons. The van der Waals surface area contributed by atoms with Crippen LogP contribution < -0.4 is 0 Å². The van der Waals surface area contributed by atoms with Crippen LogP contribution in [0.25, 0.3) is 0 Å². The molecule has 0 saturated carbocycles. The summed E-state index contributed by atoms with van der Waals surface area (Å²) in [6, 6.07) is 0. The second-order valence-electron chi connectivity index (χ2n) is 3.31. The average Bonchev–Trinajstić information content (AvgIpc) is 1.89. The minimum absolute atomic E-state index is 1.08. The van der Waals surface area contributed by atoms with Gasteiger partial charge in [-0.2, -0.15) is 0 Å². The zero-order valence-electron chi connectivity index (χ0n) is 7.48. The van der Waals surface area contributed by atoms with Gasteiger partial charge in [0.1, 0.15) is 0 Å². The van der Waals surface area contributed by atoms with Crippen LogP contribution in [0.1, 0.15) is 33.1 Å². The first-order valence-electron chi connectivity index (χ1n) is 4.34. The summed E-state index contributed by atoms with van der Waals surface area (Å²) in [5.41, 5.74) is 0. The standard InChI is InChI=1S/C5H11.C2H5.CH3.H2O.Sn/c1-3-5-4-2;1-2;;;/h1,3-5H2,2H3;1H2,2H3;1H3;1H2;/q;;;;+1/p-1. The maximum absolute atomic E-state index is 9.76. The first-order chi connectivity index (χ1) is 4.62. The Labute approximate surface area is 69.3 Å². The number of rotatable bonds is 5. The summed E-state index contributed by atoms with van der Waals surface area (Å²) in [6.45, 7) is 4.33. The molecular weight excluding hydrogens is 231 g/mol. The van der Waals surface area contributed by atoms with Crippen LogP contribution in [0, 0.1) is 0 Å². The Hall–Kier alpha value is 0.759. The topological polar surface area (TPSA) is 20.2 Å². The second-order valence-corrected chi connectivity index (χ2v) is 15.3. The van der Waals surface area contributed by atoms with Gasteiger partial charge in [-0.3, -0.25) is 0 Å². The van der Waals surface area contributed by atoms with Crippen molar-refractivity contribution in [3.05, 3.63) is 0 Å². The third-order valence-corrected chi connectivity index (χ3v) is 10.5. The molecule has 0 radical (unpaired) electrons. The fourth-order valence-corrected chi connectivity index (χ4v) is 4.83. The van der Waals surface area contributed by atoms with Gasteiger partial charge in [0.2, 0.25) is 0 Å². The first-order valence-corrected chi connectivity index (χ1v) is 12.5. The van der Waals surface area contributed by atoms with Crippen LogP contribution in [0.4, 0.5) is 0 Å². The van der Waals surface area contributed by atoms with E-state index >= 15 is 0 Å². The van der Waals surface area contributed by atoms with Gasteiger partial charge in [0, 0.05) is 0 Å². The van der Waals surface area contributed by atoms with Gasteiger partial charge in [-0.05, 0) is 0 Å². The van der Waals surface area contributed by atoms with Crippen molar-refractivity contribution in [2.45, 2.75) is 46.9 Å². The van der Waals surface area contributed by atoms with E-state index in [0.717, 1.165) is 4.44 Å². The van der Waals surface area contributed by atoms with Gasteiger partial charge < -0.3 is 0 Å². The fraction of sp³-hybridized carbons (Fsp3) is 1.00. The third-order valence-electron chi connectivity index (χ3n) is 2.08. The van der Waals surface area contributed by atoms with E-state index in [2.05, 4.69) is 18.8 Å². The molecule has 1 N–H and O–H groups in total. The van der Waals surface area contributed by atoms with Crippen molar-refractivity contribution in [1.29, 1.82) is 0 Å². The van der Waals surface area contributed by atoms with Crippen LogP contribution in [-0.2, 0) is 0 Å². The Balaban J connectivity index is 3.28. The van der Waals surface area contributed by atoms with E-state index < -0.39 is 18.8 Å². The number of unbranched alkanes of at least 4 members (excludes halogenated alkanes) is 2. The van der Waals surface area contributed by atoms with E-state index in [1.807, 2.05) is 0 Å². The van der Waals surface area contributed by atoms with Crippen molar-refractivity contribution in [1.82, 2.24) is 0 Å². The van der Waals surface area contributed by atoms with E-state index in [-0.39, 0.29) is 0 Å². The zero-order valence-corrected chi connectivity index (χ0v) is 10.3. The van der Waals surface area contributed by atoms with Gasteiger partial charge in [-0.25, -0.2) is 0 Å². The van der Waals surface area contributed by atoms with Gasteiger partial charge in [0.05, 0.1) is 0 Å². The van der Waals surface area contributed by atoms with E-state index in [4.69, 9.17) is 0 Å². The van der Waals surface area contributed by atoms with Gasteiger partial charge in [0.15, 0.2) is 0 Å². The van der Waals surface area contributed by atoms with Gasteiger partial charge in [0.25, 0.3) is 0 Å². The van der Waals surface area contributed by atoms with E-state index in [0.29, 0.717) is 0 Å². The summed E-state index contributed by atoms with van der Waals surface area (Å²) in [5.74, 6) is 0. The van der Waals surface area contributed by atoms with Crippen molar-refractivity contribution in [2.24, 2.45) is 0 Å². The normalized spacial score (nSPS) is 16.8. The quantitative estimate of drug-likeness (QED) is 0.588. The molecule has 0 bridgehead atoms. The van der Waals surface area contributed by atoms with Crippen LogP contribution >= 0.6 is 0 Å². The van der Waals surface area contributed by atoms with Crippen molar-refractivity contribution in [3.8, 4) is 0 Å². The molecule has 1 nitrogen and oxygen atoms in total. The molecule has 0 fully saturated rings. The molecule has 10 heavy (non-hydrogen) atoms. The Kier molecular flexibility index (Phi) is 5.83. The number of hydrogen-bond acceptors (Lipinski definition) is 1. The molecule has 1 atom stereocenters. The molecule has 0 aliphatic carbocycles. The Morgan fingerprint density at radius 1 is 1.20 bits per heavy atom. The molecular formula is C8H20OSn. The van der Waals surface area contributed by atoms with Crippen molar-refractivity contribution < 1.29 is 3.44 Å². The van der Waals surface area contributed by atoms with E-state index in [9.17, 15) is 3.44 Å². The molecule has 0 saturated heterocycles. The Morgan fingerprint density at radius 3 is 2.20 bits per heavy atom. The predicted molar refractivity (Wildman–Crippen MR) is 48.6 cm³/mol. The van der Waals surface area contributed by atoms with E-state index in [1.54, 1.807) is 0 Å². The van der Waals surface area contributed by atoms with Crippen LogP contribution in [0.2, 0.25) is 13.8 Å². The van der Waals surface area contributed by atoms with Gasteiger partial charge >= 0.3 is 69.2 Å². The van der Waals surface area contributed by atoms with Crippen molar-refractivity contribution >= 4 is 18.8 Å². The molecule has 0 aromatic carbocycles. The summed E-state index contributed by atoms with van der Waals surface area (Å²) in [5, 5.41) is 0. The van der Waals surface area contributed by atoms with Crippen LogP contribution in [0.5, 0.6) is 0 Å². The average molecular weight is 251 g/mol. The molecule has 2 heteroatoms. The monoisotopic (exact) mass is 252 g/mol. The molecule has 0 heterocycles. The SMILES string of the molecule is CCCC[CH2][Sn]([CH3])([OH])[CH2]C. The molecule has 0 aliphatic heterocycles. The molecule has 0 spiro atoms. The van der Waals surface area contributed by atoms with Crippen molar-refractivity contribution in [3.63, 3.8) is 0 Å². The minimum atomic E-state index is -2.38. The van der Waals surface area contributed by atoms with Crippen LogP contribution in [-0.4, -0.2) is 22.2 Å². The van der Waals surface area contributed by atoms with Crippen LogP contribution in [0.3, 0.4) is 0 Å². The van der Waals surface area contributed by atoms with Crippen molar-refractivity contribution in [2.75, 3.05) is 0 Å². The summed E-state index contributed by atoms with van der Waals surface area (Å²) in [6.07, 6.45) is 3.83. The predicted octanol–water partition coefficient (Wildman–Crippen LogP) is 2.76. The molecule has 0 amide bonds. The summed E-state index contributed by atoms with van der Waals surface area (Å²) >= 11 is -2.38. The maximum atomic E-state index is 9.76. The van der Waals surface area contributed by atoms with Gasteiger partial charge in [-0.1, -0.05) is 0 Å². The summed E-state index contributed by atoms with van der Waals surface area (Å²) in [4.78, 5) is 2.13. The summed E-state index contributed by atoms with van der Waals surface area (Å²) in [7, 11) is 0. The summed E-state index contributed by atoms with van der Waals surface area (Å²) < 4.78 is 12.0. The molecule has 0 aromatic rings.